The van der Waals surface area contributed by atoms with Crippen molar-refractivity contribution >= 4 is 17.9 Å². The van der Waals surface area contributed by atoms with Crippen LogP contribution in [0.5, 0.6) is 11.5 Å². The number of hydrogen-bond acceptors (Lipinski definition) is 6. The van der Waals surface area contributed by atoms with Gasteiger partial charge in [0.2, 0.25) is 0 Å². The first-order chi connectivity index (χ1) is 14.5. The molecule has 2 aromatic rings. The van der Waals surface area contributed by atoms with E-state index in [-0.39, 0.29) is 11.3 Å². The van der Waals surface area contributed by atoms with Crippen LogP contribution in [0.3, 0.4) is 0 Å². The predicted molar refractivity (Wildman–Crippen MR) is 110 cm³/mol. The Bertz CT molecular complexity index is 854. The summed E-state index contributed by atoms with van der Waals surface area (Å²) >= 11 is 0. The molecule has 0 saturated heterocycles. The zero-order valence-corrected chi connectivity index (χ0v) is 16.5. The number of unbranched alkanes of at least 4 members (excludes halogenated alkanes) is 3. The largest absolute Gasteiger partial charge is 0.494 e. The van der Waals surface area contributed by atoms with E-state index in [1.807, 2.05) is 0 Å². The van der Waals surface area contributed by atoms with E-state index in [4.69, 9.17) is 19.3 Å². The molecule has 0 aliphatic heterocycles. The number of aromatic carboxylic acids is 1. The number of esters is 2. The van der Waals surface area contributed by atoms with Gasteiger partial charge in [0.15, 0.2) is 0 Å². The molecule has 7 nitrogen and oxygen atoms in total. The minimum Gasteiger partial charge on any atom is -0.494 e. The van der Waals surface area contributed by atoms with Crippen molar-refractivity contribution in [2.75, 3.05) is 13.2 Å². The number of rotatable bonds is 12. The van der Waals surface area contributed by atoms with Gasteiger partial charge in [-0.05, 0) is 74.2 Å². The van der Waals surface area contributed by atoms with Gasteiger partial charge in [-0.15, -0.1) is 0 Å². The van der Waals surface area contributed by atoms with Crippen LogP contribution in [0.15, 0.2) is 61.2 Å². The van der Waals surface area contributed by atoms with Crippen LogP contribution in [0.4, 0.5) is 0 Å². The summed E-state index contributed by atoms with van der Waals surface area (Å²) in [5.41, 5.74) is 0.478. The van der Waals surface area contributed by atoms with Crippen LogP contribution in [0, 0.1) is 0 Å². The second-order valence-electron chi connectivity index (χ2n) is 6.38. The number of benzene rings is 2. The lowest BCUT2D eigenvalue weighted by atomic mass is 10.2. The molecular formula is C23H24O7. The smallest absolute Gasteiger partial charge is 0.343 e. The van der Waals surface area contributed by atoms with Crippen molar-refractivity contribution < 1.29 is 33.7 Å². The van der Waals surface area contributed by atoms with Crippen molar-refractivity contribution in [1.29, 1.82) is 0 Å². The molecule has 0 aliphatic rings. The second-order valence-corrected chi connectivity index (χ2v) is 6.38. The molecule has 158 valence electrons. The summed E-state index contributed by atoms with van der Waals surface area (Å²) in [5, 5.41) is 8.88. The highest BCUT2D eigenvalue weighted by atomic mass is 16.5. The Morgan fingerprint density at radius 3 is 1.97 bits per heavy atom. The number of carboxylic acids is 1. The summed E-state index contributed by atoms with van der Waals surface area (Å²) in [6.07, 6.45) is 4.71. The van der Waals surface area contributed by atoms with Gasteiger partial charge in [0.05, 0.1) is 24.3 Å². The zero-order chi connectivity index (χ0) is 21.8. The van der Waals surface area contributed by atoms with Crippen LogP contribution < -0.4 is 9.47 Å². The Morgan fingerprint density at radius 1 is 0.800 bits per heavy atom. The molecule has 0 saturated carbocycles. The molecule has 7 heteroatoms. The summed E-state index contributed by atoms with van der Waals surface area (Å²) in [4.78, 5) is 33.9. The van der Waals surface area contributed by atoms with Gasteiger partial charge in [-0.25, -0.2) is 14.4 Å². The topological polar surface area (TPSA) is 99.1 Å². The van der Waals surface area contributed by atoms with Gasteiger partial charge in [-0.1, -0.05) is 6.58 Å². The molecule has 0 amide bonds. The normalized spacial score (nSPS) is 10.1. The quantitative estimate of drug-likeness (QED) is 0.240. The minimum atomic E-state index is -1.04. The summed E-state index contributed by atoms with van der Waals surface area (Å²) in [6, 6.07) is 12.2. The Labute approximate surface area is 174 Å². The van der Waals surface area contributed by atoms with E-state index in [9.17, 15) is 14.4 Å². The van der Waals surface area contributed by atoms with Crippen molar-refractivity contribution in [2.24, 2.45) is 0 Å². The second kappa shape index (κ2) is 12.1. The first-order valence-corrected chi connectivity index (χ1v) is 9.57. The summed E-state index contributed by atoms with van der Waals surface area (Å²) in [7, 11) is 0. The number of carbonyl (C=O) groups is 3. The van der Waals surface area contributed by atoms with Crippen molar-refractivity contribution in [3.8, 4) is 11.5 Å². The highest BCUT2D eigenvalue weighted by Gasteiger charge is 2.10. The monoisotopic (exact) mass is 412 g/mol. The van der Waals surface area contributed by atoms with E-state index < -0.39 is 17.9 Å². The van der Waals surface area contributed by atoms with Crippen LogP contribution in [-0.2, 0) is 9.53 Å². The van der Waals surface area contributed by atoms with Crippen LogP contribution >= 0.6 is 0 Å². The van der Waals surface area contributed by atoms with Crippen molar-refractivity contribution in [1.82, 2.24) is 0 Å². The highest BCUT2D eigenvalue weighted by Crippen LogP contribution is 2.17. The maximum atomic E-state index is 12.2. The Hall–Kier alpha value is -3.61. The Morgan fingerprint density at radius 2 is 1.37 bits per heavy atom. The van der Waals surface area contributed by atoms with Gasteiger partial charge in [-0.2, -0.15) is 0 Å². The van der Waals surface area contributed by atoms with Crippen LogP contribution in [0.1, 0.15) is 46.4 Å². The van der Waals surface area contributed by atoms with Gasteiger partial charge < -0.3 is 19.3 Å². The van der Waals surface area contributed by atoms with Gasteiger partial charge in [0.25, 0.3) is 0 Å². The Balaban J connectivity index is 1.67. The van der Waals surface area contributed by atoms with Gasteiger partial charge in [0.1, 0.15) is 11.5 Å². The molecular weight excluding hydrogens is 388 g/mol. The molecule has 30 heavy (non-hydrogen) atoms. The van der Waals surface area contributed by atoms with E-state index in [0.29, 0.717) is 24.5 Å². The molecule has 0 fully saturated rings. The van der Waals surface area contributed by atoms with Crippen molar-refractivity contribution in [2.45, 2.75) is 25.7 Å². The maximum Gasteiger partial charge on any atom is 0.343 e. The molecule has 0 bridgehead atoms. The predicted octanol–water partition coefficient (Wildman–Crippen LogP) is 4.27. The van der Waals surface area contributed by atoms with Crippen LogP contribution in [0.2, 0.25) is 0 Å². The summed E-state index contributed by atoms with van der Waals surface area (Å²) < 4.78 is 15.8. The molecule has 1 N–H and O–H groups in total. The number of hydrogen-bond donors (Lipinski definition) is 1. The third-order valence-electron chi connectivity index (χ3n) is 4.12. The third-order valence-corrected chi connectivity index (χ3v) is 4.12. The number of ether oxygens (including phenoxy) is 3. The SMILES string of the molecule is C=CC(=O)OCCCCCCOc1ccc(C(=O)Oc2ccc(C(=O)O)cc2)cc1. The summed E-state index contributed by atoms with van der Waals surface area (Å²) in [5.74, 6) is -1.07. The number of carbonyl (C=O) groups excluding carboxylic acids is 2. The molecule has 0 radical (unpaired) electrons. The lowest BCUT2D eigenvalue weighted by Gasteiger charge is -2.08. The molecule has 0 atom stereocenters. The van der Waals surface area contributed by atoms with E-state index in [0.717, 1.165) is 31.8 Å². The fourth-order valence-electron chi connectivity index (χ4n) is 2.50. The Kier molecular flexibility index (Phi) is 9.12. The first kappa shape index (κ1) is 22.7. The number of carboxylic acid groups (broad SMARTS) is 1. The van der Waals surface area contributed by atoms with E-state index in [1.165, 1.54) is 24.3 Å². The third kappa shape index (κ3) is 7.79. The molecule has 0 aromatic heterocycles. The minimum absolute atomic E-state index is 0.118. The van der Waals surface area contributed by atoms with E-state index in [2.05, 4.69) is 6.58 Å². The lowest BCUT2D eigenvalue weighted by molar-refractivity contribution is -0.137. The molecule has 0 unspecified atom stereocenters. The lowest BCUT2D eigenvalue weighted by Crippen LogP contribution is -2.08. The van der Waals surface area contributed by atoms with E-state index in [1.54, 1.807) is 24.3 Å². The zero-order valence-electron chi connectivity index (χ0n) is 16.5. The molecule has 0 spiro atoms. The van der Waals surface area contributed by atoms with Crippen molar-refractivity contribution in [3.05, 3.63) is 72.3 Å². The fourth-order valence-corrected chi connectivity index (χ4v) is 2.50. The first-order valence-electron chi connectivity index (χ1n) is 9.57. The summed E-state index contributed by atoms with van der Waals surface area (Å²) in [6.45, 7) is 4.28. The van der Waals surface area contributed by atoms with Crippen LogP contribution in [-0.4, -0.2) is 36.2 Å². The van der Waals surface area contributed by atoms with Crippen LogP contribution in [0.25, 0.3) is 0 Å². The van der Waals surface area contributed by atoms with E-state index >= 15 is 0 Å². The average Bonchev–Trinajstić information content (AvgIpc) is 2.76. The fraction of sp³-hybridized carbons (Fsp3) is 0.261. The standard InChI is InChI=1S/C23H24O7/c1-2-21(24)29-16-6-4-3-5-15-28-19-11-9-18(10-12-19)23(27)30-20-13-7-17(8-14-20)22(25)26/h2,7-14H,1,3-6,15-16H2,(H,25,26). The van der Waals surface area contributed by atoms with Crippen molar-refractivity contribution in [3.63, 3.8) is 0 Å². The van der Waals surface area contributed by atoms with Gasteiger partial charge in [-0.3, -0.25) is 0 Å². The average molecular weight is 412 g/mol. The van der Waals surface area contributed by atoms with Gasteiger partial charge in [0, 0.05) is 6.08 Å². The molecule has 2 rings (SSSR count). The molecule has 0 aliphatic carbocycles. The maximum absolute atomic E-state index is 12.2. The molecule has 2 aromatic carbocycles. The molecule has 0 heterocycles. The highest BCUT2D eigenvalue weighted by molar-refractivity contribution is 5.91. The van der Waals surface area contributed by atoms with Gasteiger partial charge >= 0.3 is 17.9 Å².